The van der Waals surface area contributed by atoms with Crippen molar-refractivity contribution in [1.82, 2.24) is 0 Å². The lowest BCUT2D eigenvalue weighted by atomic mass is 10.0. The van der Waals surface area contributed by atoms with Crippen LogP contribution in [0.3, 0.4) is 0 Å². The van der Waals surface area contributed by atoms with Crippen molar-refractivity contribution >= 4 is 20.1 Å². The Kier molecular flexibility index (Phi) is 8.55. The lowest BCUT2D eigenvalue weighted by Gasteiger charge is -2.39. The number of carbonyl (C=O) groups excluding carboxylic acids is 2. The van der Waals surface area contributed by atoms with Crippen LogP contribution < -0.4 is 0 Å². The zero-order chi connectivity index (χ0) is 19.1. The van der Waals surface area contributed by atoms with Gasteiger partial charge >= 0.3 is 5.97 Å². The summed E-state index contributed by atoms with van der Waals surface area (Å²) in [6.07, 6.45) is 7.72. The van der Waals surface area contributed by atoms with E-state index in [9.17, 15) is 9.59 Å². The minimum absolute atomic E-state index is 0.0204. The van der Waals surface area contributed by atoms with E-state index in [1.54, 1.807) is 6.08 Å². The van der Waals surface area contributed by atoms with Gasteiger partial charge in [-0.15, -0.1) is 0 Å². The maximum atomic E-state index is 11.9. The largest absolute Gasteiger partial charge is 0.466 e. The van der Waals surface area contributed by atoms with Crippen molar-refractivity contribution in [2.24, 2.45) is 0 Å². The number of unbranched alkanes of at least 4 members (excludes halogenated alkanes) is 3. The molecule has 0 N–H and O–H groups in total. The summed E-state index contributed by atoms with van der Waals surface area (Å²) < 4.78 is 11.4. The lowest BCUT2D eigenvalue weighted by molar-refractivity contribution is -0.143. The normalized spacial score (nSPS) is 18.4. The fourth-order valence-corrected chi connectivity index (χ4v) is 4.04. The van der Waals surface area contributed by atoms with E-state index in [2.05, 4.69) is 33.9 Å². The average molecular weight is 369 g/mol. The van der Waals surface area contributed by atoms with Crippen LogP contribution in [0.4, 0.5) is 0 Å². The fourth-order valence-electron chi connectivity index (χ4n) is 2.74. The summed E-state index contributed by atoms with van der Waals surface area (Å²) in [7, 11) is -1.87. The molecule has 1 atom stereocenters. The third-order valence-electron chi connectivity index (χ3n) is 5.29. The molecule has 0 aliphatic heterocycles. The number of ketones is 1. The van der Waals surface area contributed by atoms with Gasteiger partial charge < -0.3 is 9.16 Å². The van der Waals surface area contributed by atoms with Gasteiger partial charge in [0.2, 0.25) is 0 Å². The molecular weight excluding hydrogens is 332 g/mol. The van der Waals surface area contributed by atoms with Gasteiger partial charge in [-0.3, -0.25) is 9.59 Å². The molecule has 0 fully saturated rings. The Hall–Kier alpha value is -0.943. The predicted molar refractivity (Wildman–Crippen MR) is 104 cm³/mol. The van der Waals surface area contributed by atoms with Crippen molar-refractivity contribution in [2.75, 3.05) is 6.61 Å². The summed E-state index contributed by atoms with van der Waals surface area (Å²) in [5, 5.41) is 0.150. The first-order valence-corrected chi connectivity index (χ1v) is 12.5. The fraction of sp³-hybridized carbons (Fsp3) is 0.800. The Morgan fingerprint density at radius 1 is 1.20 bits per heavy atom. The molecule has 144 valence electrons. The van der Waals surface area contributed by atoms with Gasteiger partial charge in [-0.2, -0.15) is 0 Å². The van der Waals surface area contributed by atoms with Crippen molar-refractivity contribution in [1.29, 1.82) is 0 Å². The number of rotatable bonds is 10. The van der Waals surface area contributed by atoms with Crippen LogP contribution >= 0.6 is 0 Å². The van der Waals surface area contributed by atoms with Gasteiger partial charge in [-0.1, -0.05) is 33.6 Å². The lowest BCUT2D eigenvalue weighted by Crippen LogP contribution is -2.44. The van der Waals surface area contributed by atoms with Crippen LogP contribution in [0.25, 0.3) is 0 Å². The molecule has 0 amide bonds. The molecule has 1 unspecified atom stereocenters. The van der Waals surface area contributed by atoms with Crippen molar-refractivity contribution < 1.29 is 18.8 Å². The quantitative estimate of drug-likeness (QED) is 0.303. The van der Waals surface area contributed by atoms with E-state index in [1.165, 1.54) is 5.57 Å². The third kappa shape index (κ3) is 7.44. The maximum absolute atomic E-state index is 11.9. The van der Waals surface area contributed by atoms with E-state index in [4.69, 9.17) is 9.16 Å². The highest BCUT2D eigenvalue weighted by Crippen LogP contribution is 2.39. The number of allylic oxidation sites excluding steroid dienone is 1. The van der Waals surface area contributed by atoms with Crippen LogP contribution in [0.5, 0.6) is 0 Å². The minimum atomic E-state index is -1.87. The molecule has 0 heterocycles. The van der Waals surface area contributed by atoms with Crippen LogP contribution in [-0.4, -0.2) is 32.8 Å². The van der Waals surface area contributed by atoms with E-state index < -0.39 is 8.32 Å². The van der Waals surface area contributed by atoms with Gasteiger partial charge in [0, 0.05) is 12.8 Å². The molecule has 0 aromatic carbocycles. The highest BCUT2D eigenvalue weighted by atomic mass is 28.4. The second-order valence-electron chi connectivity index (χ2n) is 8.48. The van der Waals surface area contributed by atoms with Crippen LogP contribution in [0.2, 0.25) is 18.1 Å². The molecule has 0 radical (unpaired) electrons. The zero-order valence-corrected chi connectivity index (χ0v) is 17.9. The van der Waals surface area contributed by atoms with E-state index in [0.29, 0.717) is 19.4 Å². The second-order valence-corrected chi connectivity index (χ2v) is 13.2. The monoisotopic (exact) mass is 368 g/mol. The van der Waals surface area contributed by atoms with E-state index in [1.807, 2.05) is 6.92 Å². The van der Waals surface area contributed by atoms with Crippen molar-refractivity contribution in [2.45, 2.75) is 96.9 Å². The molecule has 4 nitrogen and oxygen atoms in total. The smallest absolute Gasteiger partial charge is 0.305 e. The predicted octanol–water partition coefficient (Wildman–Crippen LogP) is 5.18. The first kappa shape index (κ1) is 22.1. The molecule has 1 aliphatic carbocycles. The van der Waals surface area contributed by atoms with Crippen molar-refractivity contribution in [3.63, 3.8) is 0 Å². The molecular formula is C20H36O4Si. The molecule has 0 saturated heterocycles. The van der Waals surface area contributed by atoms with Crippen LogP contribution in [0, 0.1) is 0 Å². The SMILES string of the molecule is CCOC(=O)CCCCCCC1=CC(=O)CC1O[Si](C)(C)C(C)(C)C. The maximum Gasteiger partial charge on any atom is 0.305 e. The second kappa shape index (κ2) is 9.67. The van der Waals surface area contributed by atoms with Crippen LogP contribution in [0.1, 0.15) is 72.6 Å². The standard InChI is InChI=1S/C20H36O4Si/c1-7-23-19(22)13-11-9-8-10-12-16-14-17(21)15-18(16)24-25(5,6)20(2,3)4/h14,18H,7-13,15H2,1-6H3. The average Bonchev–Trinajstić information content (AvgIpc) is 2.81. The number of carbonyl (C=O) groups is 2. The Morgan fingerprint density at radius 3 is 2.44 bits per heavy atom. The molecule has 0 aromatic rings. The number of ether oxygens (including phenoxy) is 1. The Labute approximate surface area is 154 Å². The summed E-state index contributed by atoms with van der Waals surface area (Å²) in [5.41, 5.74) is 1.17. The van der Waals surface area contributed by atoms with E-state index >= 15 is 0 Å². The van der Waals surface area contributed by atoms with E-state index in [0.717, 1.165) is 32.1 Å². The van der Waals surface area contributed by atoms with Gasteiger partial charge in [-0.25, -0.2) is 0 Å². The Morgan fingerprint density at radius 2 is 1.84 bits per heavy atom. The third-order valence-corrected chi connectivity index (χ3v) is 9.78. The molecule has 0 saturated carbocycles. The number of esters is 1. The molecule has 5 heteroatoms. The van der Waals surface area contributed by atoms with Gasteiger partial charge in [-0.05, 0) is 56.0 Å². The van der Waals surface area contributed by atoms with Crippen molar-refractivity contribution in [3.8, 4) is 0 Å². The molecule has 0 bridgehead atoms. The summed E-state index contributed by atoms with van der Waals surface area (Å²) in [5.74, 6) is 0.0930. The minimum Gasteiger partial charge on any atom is -0.466 e. The summed E-state index contributed by atoms with van der Waals surface area (Å²) in [6, 6.07) is 0. The molecule has 0 spiro atoms. The van der Waals surface area contributed by atoms with Crippen molar-refractivity contribution in [3.05, 3.63) is 11.6 Å². The zero-order valence-electron chi connectivity index (χ0n) is 16.9. The number of hydrogen-bond donors (Lipinski definition) is 0. The Bertz CT molecular complexity index is 488. The molecule has 0 aromatic heterocycles. The van der Waals surface area contributed by atoms with Crippen LogP contribution in [-0.2, 0) is 18.8 Å². The van der Waals surface area contributed by atoms with Gasteiger partial charge in [0.15, 0.2) is 14.1 Å². The summed E-state index contributed by atoms with van der Waals surface area (Å²) in [6.45, 7) is 13.4. The first-order chi connectivity index (χ1) is 11.6. The summed E-state index contributed by atoms with van der Waals surface area (Å²) in [4.78, 5) is 23.2. The molecule has 1 aliphatic rings. The van der Waals surface area contributed by atoms with E-state index in [-0.39, 0.29) is 22.9 Å². The highest BCUT2D eigenvalue weighted by Gasteiger charge is 2.41. The summed E-state index contributed by atoms with van der Waals surface area (Å²) >= 11 is 0. The van der Waals surface area contributed by atoms with Gasteiger partial charge in [0.25, 0.3) is 0 Å². The first-order valence-electron chi connectivity index (χ1n) is 9.63. The Balaban J connectivity index is 2.37. The highest BCUT2D eigenvalue weighted by molar-refractivity contribution is 6.74. The molecule has 25 heavy (non-hydrogen) atoms. The van der Waals surface area contributed by atoms with Gasteiger partial charge in [0.1, 0.15) is 0 Å². The number of hydrogen-bond acceptors (Lipinski definition) is 4. The topological polar surface area (TPSA) is 52.6 Å². The molecule has 1 rings (SSSR count). The van der Waals surface area contributed by atoms with Gasteiger partial charge in [0.05, 0.1) is 12.7 Å². The van der Waals surface area contributed by atoms with Crippen LogP contribution in [0.15, 0.2) is 11.6 Å².